The van der Waals surface area contributed by atoms with Crippen molar-refractivity contribution in [1.29, 1.82) is 0 Å². The Morgan fingerprint density at radius 1 is 1.00 bits per heavy atom. The summed E-state index contributed by atoms with van der Waals surface area (Å²) in [7, 11) is 1.60. The fourth-order valence-electron chi connectivity index (χ4n) is 5.36. The zero-order valence-corrected chi connectivity index (χ0v) is 24.0. The topological polar surface area (TPSA) is 54.8 Å². The maximum absolute atomic E-state index is 14.0. The minimum atomic E-state index is -0.253. The lowest BCUT2D eigenvalue weighted by Crippen LogP contribution is -2.48. The number of halogens is 1. The van der Waals surface area contributed by atoms with Gasteiger partial charge in [-0.3, -0.25) is 9.59 Å². The first-order chi connectivity index (χ1) is 19.3. The van der Waals surface area contributed by atoms with Crippen LogP contribution >= 0.6 is 0 Å². The Labute approximate surface area is 237 Å². The maximum atomic E-state index is 14.0. The van der Waals surface area contributed by atoms with Crippen molar-refractivity contribution in [2.75, 3.05) is 20.2 Å². The first-order valence-electron chi connectivity index (χ1n) is 14.4. The Morgan fingerprint density at radius 2 is 1.70 bits per heavy atom. The van der Waals surface area contributed by atoms with E-state index in [-0.39, 0.29) is 30.2 Å². The number of hydrogen-bond acceptors (Lipinski definition) is 3. The molecule has 2 aromatic carbocycles. The van der Waals surface area contributed by atoms with Gasteiger partial charge in [0.25, 0.3) is 5.91 Å². The van der Waals surface area contributed by atoms with E-state index in [0.29, 0.717) is 36.9 Å². The third-order valence-corrected chi connectivity index (χ3v) is 7.78. The molecule has 0 N–H and O–H groups in total. The average Bonchev–Trinajstić information content (AvgIpc) is 3.41. The fraction of sp³-hybridized carbons (Fsp3) is 0.455. The van der Waals surface area contributed by atoms with Gasteiger partial charge in [-0.2, -0.15) is 0 Å². The fourth-order valence-corrected chi connectivity index (χ4v) is 5.36. The minimum absolute atomic E-state index is 0.0213. The number of amides is 2. The molecule has 1 aliphatic carbocycles. The van der Waals surface area contributed by atoms with Gasteiger partial charge in [0.1, 0.15) is 18.1 Å². The van der Waals surface area contributed by atoms with E-state index in [4.69, 9.17) is 4.74 Å². The predicted octanol–water partition coefficient (Wildman–Crippen LogP) is 6.53. The van der Waals surface area contributed by atoms with Gasteiger partial charge in [-0.1, -0.05) is 45.2 Å². The minimum Gasteiger partial charge on any atom is -0.497 e. The van der Waals surface area contributed by atoms with Crippen LogP contribution in [-0.2, 0) is 17.9 Å². The molecule has 0 aliphatic heterocycles. The van der Waals surface area contributed by atoms with Gasteiger partial charge in [-0.05, 0) is 79.3 Å². The number of carbonyl (C=O) groups is 2. The van der Waals surface area contributed by atoms with E-state index >= 15 is 0 Å². The summed E-state index contributed by atoms with van der Waals surface area (Å²) in [6, 6.07) is 17.8. The molecular formula is C33H42FN3O3. The Balaban J connectivity index is 1.54. The third kappa shape index (κ3) is 7.96. The summed E-state index contributed by atoms with van der Waals surface area (Å²) in [5.74, 6) is 0.683. The lowest BCUT2D eigenvalue weighted by molar-refractivity contribution is -0.135. The molecule has 1 saturated carbocycles. The van der Waals surface area contributed by atoms with Crippen LogP contribution in [-0.4, -0.2) is 52.4 Å². The Kier molecular flexibility index (Phi) is 10.4. The van der Waals surface area contributed by atoms with E-state index in [2.05, 4.69) is 18.4 Å². The largest absolute Gasteiger partial charge is 0.497 e. The molecule has 7 heteroatoms. The zero-order valence-electron chi connectivity index (χ0n) is 24.0. The summed E-state index contributed by atoms with van der Waals surface area (Å²) < 4.78 is 20.8. The second-order valence-electron chi connectivity index (χ2n) is 11.2. The standard InChI is InChI=1S/C33H42FN3O3/c1-25(2)19-21-36(33(39)27-13-17-31(40-3)18-14-27)24-32(38)37(29-8-5-4-6-9-29)23-30-10-7-20-35(30)22-26-11-15-28(34)16-12-26/h7,10-18,20,25,29H,4-6,8-9,19,21-24H2,1-3H3. The number of carbonyl (C=O) groups excluding carboxylic acids is 2. The molecule has 0 saturated heterocycles. The molecule has 0 radical (unpaired) electrons. The number of rotatable bonds is 12. The van der Waals surface area contributed by atoms with Crippen LogP contribution in [0, 0.1) is 11.7 Å². The number of hydrogen-bond donors (Lipinski definition) is 0. The van der Waals surface area contributed by atoms with Crippen molar-refractivity contribution in [2.24, 2.45) is 5.92 Å². The summed E-state index contributed by atoms with van der Waals surface area (Å²) in [5.41, 5.74) is 2.58. The first-order valence-corrected chi connectivity index (χ1v) is 14.4. The van der Waals surface area contributed by atoms with Gasteiger partial charge >= 0.3 is 0 Å². The number of nitrogens with zero attached hydrogens (tertiary/aromatic N) is 3. The number of ether oxygens (including phenoxy) is 1. The Morgan fingerprint density at radius 3 is 2.35 bits per heavy atom. The van der Waals surface area contributed by atoms with E-state index in [1.807, 2.05) is 23.2 Å². The lowest BCUT2D eigenvalue weighted by Gasteiger charge is -2.36. The molecular weight excluding hydrogens is 505 g/mol. The number of benzene rings is 2. The van der Waals surface area contributed by atoms with Crippen molar-refractivity contribution in [3.8, 4) is 5.75 Å². The molecule has 40 heavy (non-hydrogen) atoms. The normalized spacial score (nSPS) is 13.8. The highest BCUT2D eigenvalue weighted by atomic mass is 19.1. The highest BCUT2D eigenvalue weighted by Gasteiger charge is 2.29. The van der Waals surface area contributed by atoms with Crippen LogP contribution in [0.3, 0.4) is 0 Å². The van der Waals surface area contributed by atoms with Crippen molar-refractivity contribution in [3.63, 3.8) is 0 Å². The summed E-state index contributed by atoms with van der Waals surface area (Å²) in [5, 5.41) is 0. The summed E-state index contributed by atoms with van der Waals surface area (Å²) in [6.45, 7) is 5.90. The van der Waals surface area contributed by atoms with Crippen LogP contribution in [0.25, 0.3) is 0 Å². The lowest BCUT2D eigenvalue weighted by atomic mass is 9.94. The van der Waals surface area contributed by atoms with E-state index in [9.17, 15) is 14.0 Å². The van der Waals surface area contributed by atoms with Crippen molar-refractivity contribution < 1.29 is 18.7 Å². The molecule has 3 aromatic rings. The first kappa shape index (κ1) is 29.4. The van der Waals surface area contributed by atoms with Crippen LogP contribution in [0.15, 0.2) is 66.9 Å². The molecule has 1 fully saturated rings. The summed E-state index contributed by atoms with van der Waals surface area (Å²) in [6.07, 6.45) is 8.17. The second kappa shape index (κ2) is 14.1. The third-order valence-electron chi connectivity index (χ3n) is 7.78. The predicted molar refractivity (Wildman–Crippen MR) is 156 cm³/mol. The SMILES string of the molecule is COc1ccc(C(=O)N(CCC(C)C)CC(=O)N(Cc2cccn2Cc2ccc(F)cc2)C2CCCCC2)cc1. The van der Waals surface area contributed by atoms with Crippen molar-refractivity contribution in [2.45, 2.75) is 71.5 Å². The van der Waals surface area contributed by atoms with Gasteiger partial charge in [0.05, 0.1) is 13.7 Å². The van der Waals surface area contributed by atoms with E-state index < -0.39 is 0 Å². The van der Waals surface area contributed by atoms with Crippen LogP contribution in [0.5, 0.6) is 5.75 Å². The Hall–Kier alpha value is -3.61. The average molecular weight is 548 g/mol. The zero-order chi connectivity index (χ0) is 28.5. The smallest absolute Gasteiger partial charge is 0.254 e. The van der Waals surface area contributed by atoms with Crippen LogP contribution in [0.2, 0.25) is 0 Å². The second-order valence-corrected chi connectivity index (χ2v) is 11.2. The van der Waals surface area contributed by atoms with Crippen molar-refractivity contribution >= 4 is 11.8 Å². The van der Waals surface area contributed by atoms with Gasteiger partial charge in [0.15, 0.2) is 0 Å². The highest BCUT2D eigenvalue weighted by Crippen LogP contribution is 2.25. The van der Waals surface area contributed by atoms with Crippen LogP contribution in [0.1, 0.15) is 74.0 Å². The van der Waals surface area contributed by atoms with E-state index in [1.54, 1.807) is 48.4 Å². The molecule has 0 atom stereocenters. The van der Waals surface area contributed by atoms with Gasteiger partial charge in [0.2, 0.25) is 5.91 Å². The molecule has 214 valence electrons. The molecule has 0 unspecified atom stereocenters. The monoisotopic (exact) mass is 547 g/mol. The molecule has 1 aromatic heterocycles. The summed E-state index contributed by atoms with van der Waals surface area (Å²) >= 11 is 0. The van der Waals surface area contributed by atoms with E-state index in [1.165, 1.54) is 18.6 Å². The number of aromatic nitrogens is 1. The molecule has 4 rings (SSSR count). The molecule has 6 nitrogen and oxygen atoms in total. The van der Waals surface area contributed by atoms with Crippen molar-refractivity contribution in [1.82, 2.24) is 14.4 Å². The number of methoxy groups -OCH3 is 1. The van der Waals surface area contributed by atoms with Crippen LogP contribution in [0.4, 0.5) is 4.39 Å². The van der Waals surface area contributed by atoms with Gasteiger partial charge in [0, 0.05) is 36.6 Å². The molecule has 2 amide bonds. The van der Waals surface area contributed by atoms with Crippen molar-refractivity contribution in [3.05, 3.63) is 89.5 Å². The van der Waals surface area contributed by atoms with Gasteiger partial charge in [-0.25, -0.2) is 4.39 Å². The highest BCUT2D eigenvalue weighted by molar-refractivity contribution is 5.96. The van der Waals surface area contributed by atoms with Gasteiger partial charge in [-0.15, -0.1) is 0 Å². The quantitative estimate of drug-likeness (QED) is 0.259. The molecule has 0 bridgehead atoms. The van der Waals surface area contributed by atoms with Crippen LogP contribution < -0.4 is 4.74 Å². The van der Waals surface area contributed by atoms with Gasteiger partial charge < -0.3 is 19.1 Å². The molecule has 1 aliphatic rings. The molecule has 0 spiro atoms. The molecule has 1 heterocycles. The Bertz CT molecular complexity index is 1230. The maximum Gasteiger partial charge on any atom is 0.254 e. The summed E-state index contributed by atoms with van der Waals surface area (Å²) in [4.78, 5) is 31.3. The van der Waals surface area contributed by atoms with E-state index in [0.717, 1.165) is 43.4 Å².